The molecule has 2 aliphatic rings. The summed E-state index contributed by atoms with van der Waals surface area (Å²) in [5.41, 5.74) is 2.36. The van der Waals surface area contributed by atoms with Crippen LogP contribution in [0.5, 0.6) is 5.75 Å². The first kappa shape index (κ1) is 17.0. The Hall–Kier alpha value is -3.42. The van der Waals surface area contributed by atoms with Crippen LogP contribution in [0, 0.1) is 26.1 Å². The second kappa shape index (κ2) is 6.39. The zero-order valence-electron chi connectivity index (χ0n) is 14.5. The molecule has 0 unspecified atom stereocenters. The SMILES string of the molecule is COc1cc([N+](=O)[O-])cc2c1N[C@H](c1cccc([N+](=O)[O-])c1)[C@@H]1CC=C[C@H]21. The molecule has 2 aromatic rings. The average molecular weight is 367 g/mol. The third-order valence-electron chi connectivity index (χ3n) is 5.29. The minimum Gasteiger partial charge on any atom is -0.494 e. The van der Waals surface area contributed by atoms with Crippen LogP contribution in [0.2, 0.25) is 0 Å². The number of nitro groups is 2. The molecule has 1 N–H and O–H groups in total. The van der Waals surface area contributed by atoms with Crippen molar-refractivity contribution >= 4 is 17.1 Å². The Kier molecular flexibility index (Phi) is 4.02. The largest absolute Gasteiger partial charge is 0.494 e. The molecule has 0 spiro atoms. The summed E-state index contributed by atoms with van der Waals surface area (Å²) in [6.07, 6.45) is 4.90. The van der Waals surface area contributed by atoms with Gasteiger partial charge in [-0.25, -0.2) is 0 Å². The summed E-state index contributed by atoms with van der Waals surface area (Å²) < 4.78 is 5.40. The van der Waals surface area contributed by atoms with Crippen molar-refractivity contribution in [3.8, 4) is 5.75 Å². The molecule has 3 atom stereocenters. The number of hydrogen-bond donors (Lipinski definition) is 1. The molecule has 4 rings (SSSR count). The third kappa shape index (κ3) is 2.79. The first-order valence-electron chi connectivity index (χ1n) is 8.53. The van der Waals surface area contributed by atoms with Crippen molar-refractivity contribution in [1.82, 2.24) is 0 Å². The fourth-order valence-corrected chi connectivity index (χ4v) is 4.08. The number of methoxy groups -OCH3 is 1. The standard InChI is InChI=1S/C19H17N3O5/c1-27-17-10-13(22(25)26)9-16-14-6-3-7-15(14)18(20-19(16)17)11-4-2-5-12(8-11)21(23)24/h2-6,8-10,14-15,18,20H,7H2,1H3/t14-,15+,18+/m0/s1. The van der Waals surface area contributed by atoms with Crippen LogP contribution in [-0.2, 0) is 0 Å². The Morgan fingerprint density at radius 2 is 1.89 bits per heavy atom. The number of hydrogen-bond acceptors (Lipinski definition) is 6. The normalized spacial score (nSPS) is 22.5. The van der Waals surface area contributed by atoms with Gasteiger partial charge in [-0.3, -0.25) is 20.2 Å². The van der Waals surface area contributed by atoms with Gasteiger partial charge in [-0.2, -0.15) is 0 Å². The maximum Gasteiger partial charge on any atom is 0.273 e. The van der Waals surface area contributed by atoms with Gasteiger partial charge in [0.2, 0.25) is 0 Å². The summed E-state index contributed by atoms with van der Waals surface area (Å²) >= 11 is 0. The molecule has 1 aliphatic carbocycles. The number of rotatable bonds is 4. The van der Waals surface area contributed by atoms with Gasteiger partial charge in [-0.15, -0.1) is 0 Å². The Balaban J connectivity index is 1.83. The second-order valence-electron chi connectivity index (χ2n) is 6.70. The van der Waals surface area contributed by atoms with Crippen LogP contribution in [0.25, 0.3) is 0 Å². The van der Waals surface area contributed by atoms with E-state index >= 15 is 0 Å². The quantitative estimate of drug-likeness (QED) is 0.489. The molecule has 27 heavy (non-hydrogen) atoms. The number of non-ortho nitro benzene ring substituents is 2. The smallest absolute Gasteiger partial charge is 0.273 e. The highest BCUT2D eigenvalue weighted by atomic mass is 16.6. The van der Waals surface area contributed by atoms with Gasteiger partial charge < -0.3 is 10.1 Å². The molecular formula is C19H17N3O5. The summed E-state index contributed by atoms with van der Waals surface area (Å²) in [7, 11) is 1.47. The molecule has 0 bridgehead atoms. The van der Waals surface area contributed by atoms with Crippen molar-refractivity contribution in [2.75, 3.05) is 12.4 Å². The van der Waals surface area contributed by atoms with E-state index in [1.807, 2.05) is 6.07 Å². The zero-order chi connectivity index (χ0) is 19.1. The molecule has 138 valence electrons. The van der Waals surface area contributed by atoms with E-state index in [1.165, 1.54) is 19.2 Å². The fourth-order valence-electron chi connectivity index (χ4n) is 4.08. The minimum absolute atomic E-state index is 0.0137. The Bertz CT molecular complexity index is 972. The van der Waals surface area contributed by atoms with Crippen LogP contribution in [0.1, 0.15) is 29.5 Å². The van der Waals surface area contributed by atoms with Crippen molar-refractivity contribution in [2.24, 2.45) is 5.92 Å². The molecule has 1 heterocycles. The molecule has 0 radical (unpaired) electrons. The second-order valence-corrected chi connectivity index (χ2v) is 6.70. The van der Waals surface area contributed by atoms with E-state index in [1.54, 1.807) is 18.2 Å². The van der Waals surface area contributed by atoms with E-state index in [2.05, 4.69) is 17.5 Å². The molecule has 0 amide bonds. The van der Waals surface area contributed by atoms with E-state index in [-0.39, 0.29) is 29.3 Å². The van der Waals surface area contributed by atoms with Crippen LogP contribution in [-0.4, -0.2) is 17.0 Å². The molecular weight excluding hydrogens is 350 g/mol. The van der Waals surface area contributed by atoms with Crippen LogP contribution >= 0.6 is 0 Å². The van der Waals surface area contributed by atoms with E-state index < -0.39 is 9.85 Å². The molecule has 1 aliphatic heterocycles. The molecule has 0 aromatic heterocycles. The maximum absolute atomic E-state index is 11.3. The first-order valence-corrected chi connectivity index (χ1v) is 8.53. The van der Waals surface area contributed by atoms with Crippen LogP contribution < -0.4 is 10.1 Å². The monoisotopic (exact) mass is 367 g/mol. The highest BCUT2D eigenvalue weighted by molar-refractivity contribution is 5.71. The maximum atomic E-state index is 11.3. The lowest BCUT2D eigenvalue weighted by Gasteiger charge is -2.37. The third-order valence-corrected chi connectivity index (χ3v) is 5.29. The van der Waals surface area contributed by atoms with E-state index in [9.17, 15) is 20.2 Å². The van der Waals surface area contributed by atoms with Crippen molar-refractivity contribution < 1.29 is 14.6 Å². The van der Waals surface area contributed by atoms with Crippen molar-refractivity contribution in [1.29, 1.82) is 0 Å². The van der Waals surface area contributed by atoms with Crippen molar-refractivity contribution in [3.63, 3.8) is 0 Å². The highest BCUT2D eigenvalue weighted by Gasteiger charge is 2.40. The zero-order valence-corrected chi connectivity index (χ0v) is 14.5. The van der Waals surface area contributed by atoms with E-state index in [4.69, 9.17) is 4.74 Å². The lowest BCUT2D eigenvalue weighted by atomic mass is 9.76. The fraction of sp³-hybridized carbons (Fsp3) is 0.263. The molecule has 0 saturated heterocycles. The van der Waals surface area contributed by atoms with Gasteiger partial charge in [0.05, 0.1) is 34.8 Å². The molecule has 0 fully saturated rings. The summed E-state index contributed by atoms with van der Waals surface area (Å²) in [5, 5.41) is 25.9. The van der Waals surface area contributed by atoms with Crippen LogP contribution in [0.3, 0.4) is 0 Å². The van der Waals surface area contributed by atoms with Gasteiger partial charge in [-0.1, -0.05) is 24.3 Å². The summed E-state index contributed by atoms with van der Waals surface area (Å²) in [5.74, 6) is 0.499. The van der Waals surface area contributed by atoms with Gasteiger partial charge in [0, 0.05) is 24.1 Å². The van der Waals surface area contributed by atoms with Gasteiger partial charge >= 0.3 is 0 Å². The number of fused-ring (bicyclic) bond motifs is 3. The number of nitro benzene ring substituents is 2. The van der Waals surface area contributed by atoms with Gasteiger partial charge in [-0.05, 0) is 23.5 Å². The van der Waals surface area contributed by atoms with Gasteiger partial charge in [0.15, 0.2) is 0 Å². The first-order chi connectivity index (χ1) is 13.0. The summed E-state index contributed by atoms with van der Waals surface area (Å²) in [4.78, 5) is 21.6. The Morgan fingerprint density at radius 3 is 2.59 bits per heavy atom. The average Bonchev–Trinajstić information content (AvgIpc) is 3.16. The number of nitrogens with zero attached hydrogens (tertiary/aromatic N) is 2. The highest BCUT2D eigenvalue weighted by Crippen LogP contribution is 2.53. The molecule has 8 heteroatoms. The van der Waals surface area contributed by atoms with E-state index in [0.717, 1.165) is 17.5 Å². The van der Waals surface area contributed by atoms with Crippen molar-refractivity contribution in [2.45, 2.75) is 18.4 Å². The Morgan fingerprint density at radius 1 is 1.11 bits per heavy atom. The number of benzene rings is 2. The van der Waals surface area contributed by atoms with Gasteiger partial charge in [0.25, 0.3) is 11.4 Å². The molecule has 8 nitrogen and oxygen atoms in total. The predicted octanol–water partition coefficient (Wildman–Crippen LogP) is 4.34. The van der Waals surface area contributed by atoms with Crippen molar-refractivity contribution in [3.05, 3.63) is 79.9 Å². The lowest BCUT2D eigenvalue weighted by Crippen LogP contribution is -2.29. The number of allylic oxidation sites excluding steroid dienone is 2. The predicted molar refractivity (Wildman–Crippen MR) is 99.1 cm³/mol. The topological polar surface area (TPSA) is 108 Å². The number of nitrogens with one attached hydrogen (secondary N) is 1. The molecule has 0 saturated carbocycles. The van der Waals surface area contributed by atoms with Crippen LogP contribution in [0.4, 0.5) is 17.1 Å². The number of ether oxygens (including phenoxy) is 1. The molecule has 2 aromatic carbocycles. The summed E-state index contributed by atoms with van der Waals surface area (Å²) in [6.45, 7) is 0. The van der Waals surface area contributed by atoms with E-state index in [0.29, 0.717) is 11.4 Å². The Labute approximate surface area is 154 Å². The number of anilines is 1. The summed E-state index contributed by atoms with van der Waals surface area (Å²) in [6, 6.07) is 9.41. The van der Waals surface area contributed by atoms with Crippen LogP contribution in [0.15, 0.2) is 48.6 Å². The van der Waals surface area contributed by atoms with Gasteiger partial charge in [0.1, 0.15) is 5.75 Å². The lowest BCUT2D eigenvalue weighted by molar-refractivity contribution is -0.385. The minimum atomic E-state index is -0.427.